The van der Waals surface area contributed by atoms with Crippen LogP contribution in [0.2, 0.25) is 0 Å². The molecule has 2 nitrogen and oxygen atoms in total. The molecule has 0 unspecified atom stereocenters. The topological polar surface area (TPSA) is 29.1 Å². The molecule has 0 aliphatic heterocycles. The minimum atomic E-state index is -0.559. The van der Waals surface area contributed by atoms with Gasteiger partial charge in [0.2, 0.25) is 5.91 Å². The second-order valence-corrected chi connectivity index (χ2v) is 5.61. The number of carbonyl (C=O) groups is 1. The number of rotatable bonds is 3. The zero-order chi connectivity index (χ0) is 12.3. The molecule has 1 amide bonds. The molecule has 0 heterocycles. The second kappa shape index (κ2) is 5.19. The zero-order valence-electron chi connectivity index (χ0n) is 9.60. The number of nitrogens with one attached hydrogen (secondary N) is 1. The van der Waals surface area contributed by atoms with E-state index in [-0.39, 0.29) is 5.91 Å². The van der Waals surface area contributed by atoms with Crippen molar-refractivity contribution < 1.29 is 4.79 Å². The molecule has 16 heavy (non-hydrogen) atoms. The van der Waals surface area contributed by atoms with Gasteiger partial charge in [-0.1, -0.05) is 22.0 Å². The molecule has 0 aliphatic rings. The lowest BCUT2D eigenvalue weighted by Crippen LogP contribution is -2.32. The number of aryl methyl sites for hydroxylation is 1. The van der Waals surface area contributed by atoms with Crippen LogP contribution in [-0.2, 0) is 4.79 Å². The summed E-state index contributed by atoms with van der Waals surface area (Å²) in [6.45, 7) is 5.60. The van der Waals surface area contributed by atoms with Crippen molar-refractivity contribution in [3.63, 3.8) is 0 Å². The molecule has 88 valence electrons. The fraction of sp³-hybridized carbons (Fsp3) is 0.417. The van der Waals surface area contributed by atoms with Crippen LogP contribution in [0.15, 0.2) is 22.7 Å². The van der Waals surface area contributed by atoms with Crippen molar-refractivity contribution >= 4 is 39.1 Å². The summed E-state index contributed by atoms with van der Waals surface area (Å²) in [6.07, 6.45) is 0. The number of alkyl halides is 1. The lowest BCUT2D eigenvalue weighted by atomic mass is 9.95. The molecule has 0 aromatic heterocycles. The predicted molar refractivity (Wildman–Crippen MR) is 72.0 cm³/mol. The van der Waals surface area contributed by atoms with Crippen molar-refractivity contribution in [1.29, 1.82) is 0 Å². The van der Waals surface area contributed by atoms with Crippen molar-refractivity contribution in [2.45, 2.75) is 20.8 Å². The van der Waals surface area contributed by atoms with Gasteiger partial charge in [0.05, 0.1) is 5.41 Å². The first-order valence-corrected chi connectivity index (χ1v) is 6.33. The van der Waals surface area contributed by atoms with E-state index in [9.17, 15) is 4.79 Å². The summed E-state index contributed by atoms with van der Waals surface area (Å²) in [5.41, 5.74) is 1.29. The van der Waals surface area contributed by atoms with Gasteiger partial charge in [-0.15, -0.1) is 11.6 Å². The third-order valence-electron chi connectivity index (χ3n) is 2.40. The first-order chi connectivity index (χ1) is 7.36. The smallest absolute Gasteiger partial charge is 0.231 e. The third kappa shape index (κ3) is 3.22. The maximum absolute atomic E-state index is 11.9. The number of hydrogen-bond donors (Lipinski definition) is 1. The standard InChI is InChI=1S/C12H15BrClNO/c1-8-4-5-9(13)6-10(8)15-11(16)12(2,3)7-14/h4-6H,7H2,1-3H3,(H,15,16). The minimum Gasteiger partial charge on any atom is -0.325 e. The summed E-state index contributed by atoms with van der Waals surface area (Å²) in [7, 11) is 0. The number of hydrogen-bond acceptors (Lipinski definition) is 1. The average Bonchev–Trinajstić information content (AvgIpc) is 2.23. The summed E-state index contributed by atoms with van der Waals surface area (Å²) in [6, 6.07) is 5.78. The zero-order valence-corrected chi connectivity index (χ0v) is 11.9. The molecule has 0 atom stereocenters. The maximum atomic E-state index is 11.9. The van der Waals surface area contributed by atoms with E-state index in [4.69, 9.17) is 11.6 Å². The molecule has 1 N–H and O–H groups in total. The second-order valence-electron chi connectivity index (χ2n) is 4.43. The van der Waals surface area contributed by atoms with Crippen LogP contribution in [0, 0.1) is 12.3 Å². The molecule has 0 saturated heterocycles. The molecule has 0 fully saturated rings. The Morgan fingerprint density at radius 1 is 1.50 bits per heavy atom. The van der Waals surface area contributed by atoms with E-state index in [2.05, 4.69) is 21.2 Å². The molecule has 0 saturated carbocycles. The number of amides is 1. The van der Waals surface area contributed by atoms with E-state index in [0.717, 1.165) is 15.7 Å². The summed E-state index contributed by atoms with van der Waals surface area (Å²) in [5, 5.41) is 2.89. The quantitative estimate of drug-likeness (QED) is 0.841. The molecular formula is C12H15BrClNO. The van der Waals surface area contributed by atoms with Gasteiger partial charge in [-0.2, -0.15) is 0 Å². The molecule has 0 bridgehead atoms. The molecule has 0 aliphatic carbocycles. The number of carbonyl (C=O) groups excluding carboxylic acids is 1. The fourth-order valence-electron chi connectivity index (χ4n) is 1.08. The van der Waals surface area contributed by atoms with Crippen LogP contribution in [0.5, 0.6) is 0 Å². The summed E-state index contributed by atoms with van der Waals surface area (Å²) in [5.74, 6) is 0.231. The molecule has 1 aromatic carbocycles. The number of halogens is 2. The minimum absolute atomic E-state index is 0.0660. The Morgan fingerprint density at radius 3 is 2.69 bits per heavy atom. The van der Waals surface area contributed by atoms with E-state index in [0.29, 0.717) is 5.88 Å². The van der Waals surface area contributed by atoms with E-state index in [1.807, 2.05) is 39.0 Å². The highest BCUT2D eigenvalue weighted by Gasteiger charge is 2.26. The van der Waals surface area contributed by atoms with Crippen molar-refractivity contribution in [1.82, 2.24) is 0 Å². The number of benzene rings is 1. The van der Waals surface area contributed by atoms with Crippen molar-refractivity contribution in [2.75, 3.05) is 11.2 Å². The van der Waals surface area contributed by atoms with Crippen LogP contribution < -0.4 is 5.32 Å². The monoisotopic (exact) mass is 303 g/mol. The average molecular weight is 305 g/mol. The highest BCUT2D eigenvalue weighted by molar-refractivity contribution is 9.10. The van der Waals surface area contributed by atoms with Crippen LogP contribution in [0.25, 0.3) is 0 Å². The summed E-state index contributed by atoms with van der Waals surface area (Å²) in [4.78, 5) is 11.9. The molecule has 1 aromatic rings. The predicted octanol–water partition coefficient (Wildman–Crippen LogP) is 3.96. The van der Waals surface area contributed by atoms with Gasteiger partial charge < -0.3 is 5.32 Å². The maximum Gasteiger partial charge on any atom is 0.231 e. The van der Waals surface area contributed by atoms with E-state index >= 15 is 0 Å². The van der Waals surface area contributed by atoms with E-state index in [1.165, 1.54) is 0 Å². The van der Waals surface area contributed by atoms with Gasteiger partial charge in [0.15, 0.2) is 0 Å². The normalized spacial score (nSPS) is 11.3. The third-order valence-corrected chi connectivity index (χ3v) is 3.56. The van der Waals surface area contributed by atoms with Crippen LogP contribution in [-0.4, -0.2) is 11.8 Å². The first kappa shape index (κ1) is 13.5. The molecule has 0 spiro atoms. The fourth-order valence-corrected chi connectivity index (χ4v) is 1.56. The Labute approximate surface area is 110 Å². The van der Waals surface area contributed by atoms with Gasteiger partial charge >= 0.3 is 0 Å². The Balaban J connectivity index is 2.89. The lowest BCUT2D eigenvalue weighted by molar-refractivity contribution is -0.122. The van der Waals surface area contributed by atoms with Crippen molar-refractivity contribution in [3.8, 4) is 0 Å². The Kier molecular flexibility index (Phi) is 4.39. The van der Waals surface area contributed by atoms with Gasteiger partial charge in [-0.05, 0) is 38.5 Å². The molecule has 0 radical (unpaired) electrons. The number of anilines is 1. The molecule has 1 rings (SSSR count). The van der Waals surface area contributed by atoms with Crippen molar-refractivity contribution in [3.05, 3.63) is 28.2 Å². The largest absolute Gasteiger partial charge is 0.325 e. The van der Waals surface area contributed by atoms with Gasteiger partial charge in [0.25, 0.3) is 0 Å². The highest BCUT2D eigenvalue weighted by Crippen LogP contribution is 2.24. The first-order valence-electron chi connectivity index (χ1n) is 5.00. The highest BCUT2D eigenvalue weighted by atomic mass is 79.9. The SMILES string of the molecule is Cc1ccc(Br)cc1NC(=O)C(C)(C)CCl. The Morgan fingerprint density at radius 2 is 2.12 bits per heavy atom. The Bertz CT molecular complexity index is 404. The van der Waals surface area contributed by atoms with Crippen LogP contribution in [0.1, 0.15) is 19.4 Å². The molecule has 4 heteroatoms. The van der Waals surface area contributed by atoms with Crippen LogP contribution >= 0.6 is 27.5 Å². The molecular weight excluding hydrogens is 289 g/mol. The van der Waals surface area contributed by atoms with E-state index in [1.54, 1.807) is 0 Å². The Hall–Kier alpha value is -0.540. The van der Waals surface area contributed by atoms with Crippen molar-refractivity contribution in [2.24, 2.45) is 5.41 Å². The van der Waals surface area contributed by atoms with Gasteiger partial charge in [0.1, 0.15) is 0 Å². The van der Waals surface area contributed by atoms with Gasteiger partial charge in [0, 0.05) is 16.0 Å². The van der Waals surface area contributed by atoms with Crippen LogP contribution in [0.4, 0.5) is 5.69 Å². The van der Waals surface area contributed by atoms with Gasteiger partial charge in [-0.25, -0.2) is 0 Å². The summed E-state index contributed by atoms with van der Waals surface area (Å²) >= 11 is 9.13. The van der Waals surface area contributed by atoms with Gasteiger partial charge in [-0.3, -0.25) is 4.79 Å². The van der Waals surface area contributed by atoms with E-state index < -0.39 is 5.41 Å². The summed E-state index contributed by atoms with van der Waals surface area (Å²) < 4.78 is 0.942. The van der Waals surface area contributed by atoms with Crippen LogP contribution in [0.3, 0.4) is 0 Å². The lowest BCUT2D eigenvalue weighted by Gasteiger charge is -2.21.